The quantitative estimate of drug-likeness (QED) is 0.883. The standard InChI is InChI=1S/C14H15F3N6O2/c1-25-13-19-4-8(5-20-13)12(24)18-6-11-22-21-10-3-2-9(7-23(10)11)14(15,16)17/h4-5,9H,2-3,6-7H2,1H3,(H,18,24). The smallest absolute Gasteiger partial charge is 0.393 e. The number of amides is 1. The second kappa shape index (κ2) is 6.65. The Morgan fingerprint density at radius 2 is 2.08 bits per heavy atom. The zero-order valence-corrected chi connectivity index (χ0v) is 13.2. The monoisotopic (exact) mass is 356 g/mol. The maximum atomic E-state index is 12.9. The number of rotatable bonds is 4. The molecule has 2 aromatic heterocycles. The van der Waals surface area contributed by atoms with Crippen LogP contribution >= 0.6 is 0 Å². The van der Waals surface area contributed by atoms with E-state index in [9.17, 15) is 18.0 Å². The molecule has 1 aliphatic heterocycles. The van der Waals surface area contributed by atoms with E-state index in [2.05, 4.69) is 25.5 Å². The summed E-state index contributed by atoms with van der Waals surface area (Å²) in [6.45, 7) is -0.273. The molecule has 134 valence electrons. The molecule has 0 spiro atoms. The predicted octanol–water partition coefficient (Wildman–Crippen LogP) is 1.13. The Labute approximate surface area is 140 Å². The van der Waals surface area contributed by atoms with E-state index < -0.39 is 18.0 Å². The highest BCUT2D eigenvalue weighted by Crippen LogP contribution is 2.34. The number of aryl methyl sites for hydroxylation is 1. The van der Waals surface area contributed by atoms with Crippen LogP contribution in [0.5, 0.6) is 6.01 Å². The fraction of sp³-hybridized carbons (Fsp3) is 0.500. The summed E-state index contributed by atoms with van der Waals surface area (Å²) in [5.74, 6) is -1.12. The molecule has 0 fully saturated rings. The van der Waals surface area contributed by atoms with Crippen LogP contribution in [-0.2, 0) is 19.5 Å². The lowest BCUT2D eigenvalue weighted by molar-refractivity contribution is -0.182. The van der Waals surface area contributed by atoms with Crippen LogP contribution < -0.4 is 10.1 Å². The third kappa shape index (κ3) is 3.69. The van der Waals surface area contributed by atoms with E-state index in [0.717, 1.165) is 0 Å². The third-order valence-corrected chi connectivity index (χ3v) is 3.97. The van der Waals surface area contributed by atoms with E-state index in [0.29, 0.717) is 5.82 Å². The molecular weight excluding hydrogens is 341 g/mol. The Balaban J connectivity index is 1.66. The number of alkyl halides is 3. The molecule has 0 bridgehead atoms. The van der Waals surface area contributed by atoms with Gasteiger partial charge < -0.3 is 14.6 Å². The summed E-state index contributed by atoms with van der Waals surface area (Å²) in [4.78, 5) is 19.7. The second-order valence-corrected chi connectivity index (χ2v) is 5.56. The molecule has 0 aliphatic carbocycles. The highest BCUT2D eigenvalue weighted by Gasteiger charge is 2.42. The zero-order valence-electron chi connectivity index (χ0n) is 13.2. The summed E-state index contributed by atoms with van der Waals surface area (Å²) in [5, 5.41) is 10.4. The number of methoxy groups -OCH3 is 1. The molecule has 0 radical (unpaired) electrons. The van der Waals surface area contributed by atoms with Crippen LogP contribution in [0.1, 0.15) is 28.4 Å². The zero-order chi connectivity index (χ0) is 18.0. The number of nitrogens with one attached hydrogen (secondary N) is 1. The first-order valence-electron chi connectivity index (χ1n) is 7.50. The first-order valence-corrected chi connectivity index (χ1v) is 7.50. The van der Waals surface area contributed by atoms with Gasteiger partial charge in [0.2, 0.25) is 0 Å². The fourth-order valence-electron chi connectivity index (χ4n) is 2.58. The highest BCUT2D eigenvalue weighted by molar-refractivity contribution is 5.93. The Hall–Kier alpha value is -2.72. The number of carbonyl (C=O) groups is 1. The number of aromatic nitrogens is 5. The Morgan fingerprint density at radius 1 is 1.36 bits per heavy atom. The molecule has 3 rings (SSSR count). The molecule has 25 heavy (non-hydrogen) atoms. The van der Waals surface area contributed by atoms with Crippen LogP contribution in [0.15, 0.2) is 12.4 Å². The van der Waals surface area contributed by atoms with Gasteiger partial charge in [0.05, 0.1) is 25.1 Å². The number of halogens is 3. The average molecular weight is 356 g/mol. The first-order chi connectivity index (χ1) is 11.9. The van der Waals surface area contributed by atoms with E-state index >= 15 is 0 Å². The Morgan fingerprint density at radius 3 is 2.72 bits per heavy atom. The van der Waals surface area contributed by atoms with Gasteiger partial charge in [-0.15, -0.1) is 10.2 Å². The molecule has 0 aromatic carbocycles. The number of ether oxygens (including phenoxy) is 1. The van der Waals surface area contributed by atoms with Crippen molar-refractivity contribution in [2.75, 3.05) is 7.11 Å². The number of carbonyl (C=O) groups excluding carboxylic acids is 1. The van der Waals surface area contributed by atoms with E-state index in [1.165, 1.54) is 24.1 Å². The molecule has 0 saturated carbocycles. The molecule has 3 heterocycles. The van der Waals surface area contributed by atoms with E-state index in [-0.39, 0.29) is 43.3 Å². The molecule has 1 aliphatic rings. The van der Waals surface area contributed by atoms with Gasteiger partial charge in [-0.2, -0.15) is 13.2 Å². The Bertz CT molecular complexity index is 759. The van der Waals surface area contributed by atoms with Gasteiger partial charge in [0.1, 0.15) is 5.82 Å². The van der Waals surface area contributed by atoms with Crippen molar-refractivity contribution in [3.8, 4) is 6.01 Å². The molecule has 1 unspecified atom stereocenters. The fourth-order valence-corrected chi connectivity index (χ4v) is 2.58. The highest BCUT2D eigenvalue weighted by atomic mass is 19.4. The minimum atomic E-state index is -4.26. The summed E-state index contributed by atoms with van der Waals surface area (Å²) in [7, 11) is 1.40. The van der Waals surface area contributed by atoms with Crippen molar-refractivity contribution in [3.05, 3.63) is 29.6 Å². The van der Waals surface area contributed by atoms with Crippen LogP contribution in [0.4, 0.5) is 13.2 Å². The van der Waals surface area contributed by atoms with Crippen molar-refractivity contribution < 1.29 is 22.7 Å². The number of hydrogen-bond donors (Lipinski definition) is 1. The van der Waals surface area contributed by atoms with Gasteiger partial charge >= 0.3 is 12.2 Å². The van der Waals surface area contributed by atoms with Crippen molar-refractivity contribution in [3.63, 3.8) is 0 Å². The van der Waals surface area contributed by atoms with Crippen molar-refractivity contribution in [1.29, 1.82) is 0 Å². The minimum Gasteiger partial charge on any atom is -0.467 e. The van der Waals surface area contributed by atoms with Gasteiger partial charge in [-0.25, -0.2) is 9.97 Å². The van der Waals surface area contributed by atoms with Gasteiger partial charge in [-0.3, -0.25) is 4.79 Å². The van der Waals surface area contributed by atoms with Gasteiger partial charge in [0.15, 0.2) is 5.82 Å². The summed E-state index contributed by atoms with van der Waals surface area (Å²) < 4.78 is 45.0. The summed E-state index contributed by atoms with van der Waals surface area (Å²) in [6.07, 6.45) is -1.47. The lowest BCUT2D eigenvalue weighted by Gasteiger charge is -2.26. The van der Waals surface area contributed by atoms with Crippen molar-refractivity contribution in [1.82, 2.24) is 30.0 Å². The van der Waals surface area contributed by atoms with Gasteiger partial charge in [-0.1, -0.05) is 0 Å². The summed E-state index contributed by atoms with van der Waals surface area (Å²) >= 11 is 0. The van der Waals surface area contributed by atoms with Crippen molar-refractivity contribution in [2.24, 2.45) is 5.92 Å². The molecule has 8 nitrogen and oxygen atoms in total. The number of nitrogens with zero attached hydrogens (tertiary/aromatic N) is 5. The number of hydrogen-bond acceptors (Lipinski definition) is 6. The van der Waals surface area contributed by atoms with Crippen LogP contribution in [0.3, 0.4) is 0 Å². The molecular formula is C14H15F3N6O2. The lowest BCUT2D eigenvalue weighted by Crippen LogP contribution is -2.34. The third-order valence-electron chi connectivity index (χ3n) is 3.97. The maximum Gasteiger partial charge on any atom is 0.393 e. The topological polar surface area (TPSA) is 94.8 Å². The van der Waals surface area contributed by atoms with Crippen LogP contribution in [0.2, 0.25) is 0 Å². The van der Waals surface area contributed by atoms with Gasteiger partial charge in [-0.05, 0) is 6.42 Å². The average Bonchev–Trinajstić information content (AvgIpc) is 3.01. The summed E-state index contributed by atoms with van der Waals surface area (Å²) in [5.41, 5.74) is 0.201. The minimum absolute atomic E-state index is 0.00280. The molecule has 1 amide bonds. The van der Waals surface area contributed by atoms with Crippen molar-refractivity contribution >= 4 is 5.91 Å². The Kier molecular flexibility index (Phi) is 4.55. The SMILES string of the molecule is COc1ncc(C(=O)NCc2nnc3n2CC(C(F)(F)F)CC3)cn1. The van der Waals surface area contributed by atoms with E-state index in [4.69, 9.17) is 4.74 Å². The first kappa shape index (κ1) is 17.1. The molecule has 0 saturated heterocycles. The molecule has 2 aromatic rings. The maximum absolute atomic E-state index is 12.9. The van der Waals surface area contributed by atoms with E-state index in [1.807, 2.05) is 0 Å². The normalized spacial score (nSPS) is 17.0. The van der Waals surface area contributed by atoms with Crippen LogP contribution in [0, 0.1) is 5.92 Å². The lowest BCUT2D eigenvalue weighted by atomic mass is 9.99. The van der Waals surface area contributed by atoms with Gasteiger partial charge in [0.25, 0.3) is 5.91 Å². The number of fused-ring (bicyclic) bond motifs is 1. The molecule has 11 heteroatoms. The van der Waals surface area contributed by atoms with Gasteiger partial charge in [0, 0.05) is 25.4 Å². The molecule has 1 N–H and O–H groups in total. The van der Waals surface area contributed by atoms with Crippen molar-refractivity contribution in [2.45, 2.75) is 32.1 Å². The molecule has 1 atom stereocenters. The largest absolute Gasteiger partial charge is 0.467 e. The van der Waals surface area contributed by atoms with E-state index in [1.54, 1.807) is 0 Å². The van der Waals surface area contributed by atoms with Crippen LogP contribution in [0.25, 0.3) is 0 Å². The predicted molar refractivity (Wildman–Crippen MR) is 77.6 cm³/mol. The van der Waals surface area contributed by atoms with Crippen LogP contribution in [-0.4, -0.2) is 43.9 Å². The summed E-state index contributed by atoms with van der Waals surface area (Å²) in [6, 6.07) is 0.126. The second-order valence-electron chi connectivity index (χ2n) is 5.56.